The van der Waals surface area contributed by atoms with Crippen LogP contribution >= 0.6 is 0 Å². The minimum absolute atomic E-state index is 0.367. The zero-order chi connectivity index (χ0) is 17.8. The van der Waals surface area contributed by atoms with Gasteiger partial charge in [-0.1, -0.05) is 31.0 Å². The van der Waals surface area contributed by atoms with Crippen LogP contribution in [0, 0.1) is 11.8 Å². The van der Waals surface area contributed by atoms with Crippen LogP contribution in [0.25, 0.3) is 5.69 Å². The second-order valence-electron chi connectivity index (χ2n) is 7.86. The molecule has 1 saturated heterocycles. The molecule has 138 valence electrons. The van der Waals surface area contributed by atoms with E-state index in [-0.39, 0.29) is 0 Å². The Bertz CT molecular complexity index is 721. The van der Waals surface area contributed by atoms with E-state index in [0.717, 1.165) is 50.3 Å². The number of piperidine rings is 1. The maximum absolute atomic E-state index is 12.7. The molecule has 5 nitrogen and oxygen atoms in total. The van der Waals surface area contributed by atoms with Crippen molar-refractivity contribution in [1.82, 2.24) is 19.7 Å². The van der Waals surface area contributed by atoms with Gasteiger partial charge in [0, 0.05) is 31.6 Å². The smallest absolute Gasteiger partial charge is 0.222 e. The van der Waals surface area contributed by atoms with Crippen molar-refractivity contribution in [1.29, 1.82) is 0 Å². The molecule has 1 atom stereocenters. The molecule has 0 bridgehead atoms. The first-order valence-electron chi connectivity index (χ1n) is 10.0. The quantitative estimate of drug-likeness (QED) is 0.826. The molecule has 2 aromatic rings. The van der Waals surface area contributed by atoms with Crippen LogP contribution in [0.15, 0.2) is 36.7 Å². The lowest BCUT2D eigenvalue weighted by atomic mass is 9.93. The molecule has 26 heavy (non-hydrogen) atoms. The number of carbonyl (C=O) groups excluding carboxylic acids is 1. The number of carbonyl (C=O) groups is 1. The minimum atomic E-state index is 0.367. The van der Waals surface area contributed by atoms with Gasteiger partial charge in [-0.3, -0.25) is 9.36 Å². The first-order valence-corrected chi connectivity index (χ1v) is 10.0. The highest BCUT2D eigenvalue weighted by Gasteiger charge is 2.27. The molecule has 0 radical (unpaired) electrons. The Balaban J connectivity index is 1.38. The Kier molecular flexibility index (Phi) is 5.32. The number of amides is 1. The van der Waals surface area contributed by atoms with E-state index in [2.05, 4.69) is 31.8 Å². The number of benzene rings is 1. The van der Waals surface area contributed by atoms with Crippen LogP contribution in [0.5, 0.6) is 0 Å². The summed E-state index contributed by atoms with van der Waals surface area (Å²) < 4.78 is 2.07. The van der Waals surface area contributed by atoms with Crippen molar-refractivity contribution >= 4 is 5.91 Å². The van der Waals surface area contributed by atoms with Crippen molar-refractivity contribution < 1.29 is 4.79 Å². The minimum Gasteiger partial charge on any atom is -0.342 e. The molecular formula is C21H28N4O. The van der Waals surface area contributed by atoms with Gasteiger partial charge in [-0.15, -0.1) is 10.2 Å². The third kappa shape index (κ3) is 3.97. The van der Waals surface area contributed by atoms with Crippen molar-refractivity contribution in [2.45, 2.75) is 51.4 Å². The third-order valence-electron chi connectivity index (χ3n) is 5.93. The fourth-order valence-corrected chi connectivity index (χ4v) is 4.51. The molecule has 2 fully saturated rings. The van der Waals surface area contributed by atoms with Crippen LogP contribution in [-0.2, 0) is 11.2 Å². The van der Waals surface area contributed by atoms with E-state index in [1.54, 1.807) is 6.33 Å². The monoisotopic (exact) mass is 352 g/mol. The van der Waals surface area contributed by atoms with Crippen LogP contribution in [-0.4, -0.2) is 38.7 Å². The number of rotatable bonds is 5. The fraction of sp³-hybridized carbons (Fsp3) is 0.571. The van der Waals surface area contributed by atoms with Gasteiger partial charge in [0.2, 0.25) is 5.91 Å². The van der Waals surface area contributed by atoms with Gasteiger partial charge in [0.15, 0.2) is 0 Å². The number of likely N-dealkylation sites (tertiary alicyclic amines) is 1. The van der Waals surface area contributed by atoms with Crippen molar-refractivity contribution in [2.75, 3.05) is 13.1 Å². The molecule has 1 aromatic carbocycles. The average molecular weight is 352 g/mol. The number of hydrogen-bond acceptors (Lipinski definition) is 3. The van der Waals surface area contributed by atoms with Gasteiger partial charge in [-0.25, -0.2) is 0 Å². The number of hydrogen-bond donors (Lipinski definition) is 0. The van der Waals surface area contributed by atoms with Crippen molar-refractivity contribution in [2.24, 2.45) is 11.8 Å². The van der Waals surface area contributed by atoms with E-state index in [0.29, 0.717) is 17.7 Å². The van der Waals surface area contributed by atoms with Gasteiger partial charge < -0.3 is 4.90 Å². The maximum atomic E-state index is 12.7. The normalized spacial score (nSPS) is 21.2. The topological polar surface area (TPSA) is 51.0 Å². The Hall–Kier alpha value is -2.17. The molecule has 1 amide bonds. The highest BCUT2D eigenvalue weighted by atomic mass is 16.2. The molecule has 0 N–H and O–H groups in total. The Morgan fingerprint density at radius 3 is 2.62 bits per heavy atom. The summed E-state index contributed by atoms with van der Waals surface area (Å²) in [7, 11) is 0. The first kappa shape index (κ1) is 17.3. The van der Waals surface area contributed by atoms with E-state index in [1.807, 2.05) is 18.2 Å². The average Bonchev–Trinajstić information content (AvgIpc) is 3.35. The van der Waals surface area contributed by atoms with Gasteiger partial charge in [-0.2, -0.15) is 0 Å². The van der Waals surface area contributed by atoms with Gasteiger partial charge in [0.05, 0.1) is 0 Å². The van der Waals surface area contributed by atoms with E-state index in [1.165, 1.54) is 25.7 Å². The highest BCUT2D eigenvalue weighted by molar-refractivity contribution is 5.76. The van der Waals surface area contributed by atoms with Crippen molar-refractivity contribution in [3.8, 4) is 5.69 Å². The molecular weight excluding hydrogens is 324 g/mol. The Morgan fingerprint density at radius 1 is 1.04 bits per heavy atom. The molecule has 1 aromatic heterocycles. The standard InChI is InChI=1S/C21H28N4O/c26-21(14-17-7-4-5-8-17)24-12-6-9-18(15-24)13-20-23-22-16-25(20)19-10-2-1-3-11-19/h1-3,10-11,16-18H,4-9,12-15H2. The predicted octanol–water partition coefficient (Wildman–Crippen LogP) is 3.63. The summed E-state index contributed by atoms with van der Waals surface area (Å²) in [5.41, 5.74) is 1.09. The second kappa shape index (κ2) is 8.02. The number of aromatic nitrogens is 3. The molecule has 1 aliphatic carbocycles. The zero-order valence-electron chi connectivity index (χ0n) is 15.4. The summed E-state index contributed by atoms with van der Waals surface area (Å²) in [4.78, 5) is 14.8. The number of nitrogens with zero attached hydrogens (tertiary/aromatic N) is 4. The molecule has 2 heterocycles. The largest absolute Gasteiger partial charge is 0.342 e. The Labute approximate surface area is 155 Å². The van der Waals surface area contributed by atoms with E-state index in [9.17, 15) is 4.79 Å². The summed E-state index contributed by atoms with van der Waals surface area (Å²) in [6, 6.07) is 10.2. The lowest BCUT2D eigenvalue weighted by Crippen LogP contribution is -2.41. The first-order chi connectivity index (χ1) is 12.8. The molecule has 5 heteroatoms. The molecule has 1 saturated carbocycles. The van der Waals surface area contributed by atoms with Crippen molar-refractivity contribution in [3.63, 3.8) is 0 Å². The van der Waals surface area contributed by atoms with E-state index < -0.39 is 0 Å². The van der Waals surface area contributed by atoms with Gasteiger partial charge >= 0.3 is 0 Å². The van der Waals surface area contributed by atoms with Crippen LogP contribution in [0.3, 0.4) is 0 Å². The van der Waals surface area contributed by atoms with Crippen LogP contribution in [0.1, 0.15) is 50.8 Å². The molecule has 0 spiro atoms. The van der Waals surface area contributed by atoms with Gasteiger partial charge in [-0.05, 0) is 49.7 Å². The number of para-hydroxylation sites is 1. The summed E-state index contributed by atoms with van der Waals surface area (Å²) >= 11 is 0. The van der Waals surface area contributed by atoms with Crippen molar-refractivity contribution in [3.05, 3.63) is 42.5 Å². The second-order valence-corrected chi connectivity index (χ2v) is 7.86. The van der Waals surface area contributed by atoms with E-state index in [4.69, 9.17) is 0 Å². The molecule has 2 aliphatic rings. The lowest BCUT2D eigenvalue weighted by molar-refractivity contribution is -0.134. The third-order valence-corrected chi connectivity index (χ3v) is 5.93. The van der Waals surface area contributed by atoms with Crippen LogP contribution in [0.4, 0.5) is 0 Å². The zero-order valence-corrected chi connectivity index (χ0v) is 15.4. The highest BCUT2D eigenvalue weighted by Crippen LogP contribution is 2.29. The van der Waals surface area contributed by atoms with E-state index >= 15 is 0 Å². The van der Waals surface area contributed by atoms with Crippen LogP contribution < -0.4 is 0 Å². The SMILES string of the molecule is O=C(CC1CCCC1)N1CCCC(Cc2nncn2-c2ccccc2)C1. The predicted molar refractivity (Wildman–Crippen MR) is 101 cm³/mol. The maximum Gasteiger partial charge on any atom is 0.222 e. The summed E-state index contributed by atoms with van der Waals surface area (Å²) in [5.74, 6) is 2.46. The van der Waals surface area contributed by atoms with Gasteiger partial charge in [0.1, 0.15) is 12.2 Å². The van der Waals surface area contributed by atoms with Gasteiger partial charge in [0.25, 0.3) is 0 Å². The molecule has 1 unspecified atom stereocenters. The fourth-order valence-electron chi connectivity index (χ4n) is 4.51. The summed E-state index contributed by atoms with van der Waals surface area (Å²) in [5, 5.41) is 8.47. The summed E-state index contributed by atoms with van der Waals surface area (Å²) in [6.45, 7) is 1.79. The molecule has 1 aliphatic heterocycles. The van der Waals surface area contributed by atoms with Crippen LogP contribution in [0.2, 0.25) is 0 Å². The Morgan fingerprint density at radius 2 is 1.81 bits per heavy atom. The summed E-state index contributed by atoms with van der Waals surface area (Å²) in [6.07, 6.45) is 10.8. The lowest BCUT2D eigenvalue weighted by Gasteiger charge is -2.33. The molecule has 4 rings (SSSR count).